The number of hydrogen-bond acceptors (Lipinski definition) is 2. The summed E-state index contributed by atoms with van der Waals surface area (Å²) in [5.74, 6) is 0.295. The molecule has 1 saturated heterocycles. The maximum Gasteiger partial charge on any atom is 0.214 e. The summed E-state index contributed by atoms with van der Waals surface area (Å²) >= 11 is 0. The summed E-state index contributed by atoms with van der Waals surface area (Å²) in [4.78, 5) is 0. The van der Waals surface area contributed by atoms with Crippen molar-refractivity contribution in [2.24, 2.45) is 5.41 Å². The molecule has 0 spiro atoms. The molecule has 1 aliphatic rings. The van der Waals surface area contributed by atoms with E-state index in [9.17, 15) is 8.42 Å². The zero-order valence-electron chi connectivity index (χ0n) is 9.41. The highest BCUT2D eigenvalue weighted by Gasteiger charge is 2.32. The van der Waals surface area contributed by atoms with Crippen LogP contribution in [-0.2, 0) is 10.0 Å². The molecule has 0 saturated carbocycles. The molecule has 0 amide bonds. The van der Waals surface area contributed by atoms with Crippen molar-refractivity contribution in [3.8, 4) is 0 Å². The highest BCUT2D eigenvalue weighted by atomic mass is 32.2. The fourth-order valence-corrected chi connectivity index (χ4v) is 3.72. The predicted molar refractivity (Wildman–Crippen MR) is 58.7 cm³/mol. The number of hydrogen-bond donors (Lipinski definition) is 0. The number of nitrogens with zero attached hydrogens (tertiary/aromatic N) is 1. The van der Waals surface area contributed by atoms with Crippen molar-refractivity contribution in [1.29, 1.82) is 0 Å². The van der Waals surface area contributed by atoms with E-state index < -0.39 is 10.0 Å². The molecule has 1 fully saturated rings. The third-order valence-corrected chi connectivity index (χ3v) is 4.74. The van der Waals surface area contributed by atoms with E-state index in [4.69, 9.17) is 0 Å². The van der Waals surface area contributed by atoms with Crippen molar-refractivity contribution >= 4 is 10.0 Å². The van der Waals surface area contributed by atoms with Crippen LogP contribution in [0.25, 0.3) is 0 Å². The molecule has 0 aromatic rings. The van der Waals surface area contributed by atoms with Gasteiger partial charge >= 0.3 is 0 Å². The van der Waals surface area contributed by atoms with Crippen molar-refractivity contribution in [3.05, 3.63) is 0 Å². The summed E-state index contributed by atoms with van der Waals surface area (Å²) in [6, 6.07) is 0. The molecule has 0 unspecified atom stereocenters. The standard InChI is InChI=1S/C10H21NO2S/c1-4-8-14(12,13)11-7-5-6-10(2,3)9-11/h4-9H2,1-3H3. The Bertz CT molecular complexity index is 282. The Balaban J connectivity index is 2.69. The van der Waals surface area contributed by atoms with Crippen LogP contribution < -0.4 is 0 Å². The number of rotatable bonds is 3. The first-order valence-corrected chi connectivity index (χ1v) is 6.96. The molecule has 0 aliphatic carbocycles. The van der Waals surface area contributed by atoms with Crippen LogP contribution in [0.3, 0.4) is 0 Å². The summed E-state index contributed by atoms with van der Waals surface area (Å²) in [5.41, 5.74) is 0.152. The SMILES string of the molecule is CCCS(=O)(=O)N1CCCC(C)(C)C1. The van der Waals surface area contributed by atoms with Gasteiger partial charge in [-0.1, -0.05) is 20.8 Å². The molecule has 0 aromatic carbocycles. The van der Waals surface area contributed by atoms with Crippen molar-refractivity contribution in [3.63, 3.8) is 0 Å². The van der Waals surface area contributed by atoms with Crippen LogP contribution in [0.4, 0.5) is 0 Å². The maximum atomic E-state index is 11.8. The Morgan fingerprint density at radius 3 is 2.50 bits per heavy atom. The molecular formula is C10H21NO2S. The molecule has 4 heteroatoms. The summed E-state index contributed by atoms with van der Waals surface area (Å²) < 4.78 is 25.3. The topological polar surface area (TPSA) is 37.4 Å². The van der Waals surface area contributed by atoms with E-state index in [0.29, 0.717) is 25.3 Å². The average molecular weight is 219 g/mol. The van der Waals surface area contributed by atoms with Crippen LogP contribution in [-0.4, -0.2) is 31.6 Å². The fourth-order valence-electron chi connectivity index (χ4n) is 1.99. The fraction of sp³-hybridized carbons (Fsp3) is 1.00. The van der Waals surface area contributed by atoms with Gasteiger partial charge in [0.1, 0.15) is 0 Å². The van der Waals surface area contributed by atoms with Gasteiger partial charge in [-0.25, -0.2) is 12.7 Å². The summed E-state index contributed by atoms with van der Waals surface area (Å²) in [5, 5.41) is 0. The van der Waals surface area contributed by atoms with Crippen LogP contribution in [0.1, 0.15) is 40.0 Å². The Kier molecular flexibility index (Phi) is 3.58. The van der Waals surface area contributed by atoms with Crippen molar-refractivity contribution in [1.82, 2.24) is 4.31 Å². The molecule has 14 heavy (non-hydrogen) atoms. The molecule has 0 bridgehead atoms. The Labute approximate surface area is 87.5 Å². The molecule has 3 nitrogen and oxygen atoms in total. The van der Waals surface area contributed by atoms with Crippen LogP contribution in [0.15, 0.2) is 0 Å². The van der Waals surface area contributed by atoms with E-state index in [0.717, 1.165) is 12.8 Å². The van der Waals surface area contributed by atoms with Gasteiger partial charge in [-0.05, 0) is 24.7 Å². The van der Waals surface area contributed by atoms with Crippen LogP contribution in [0.5, 0.6) is 0 Å². The minimum Gasteiger partial charge on any atom is -0.212 e. The van der Waals surface area contributed by atoms with Crippen LogP contribution in [0.2, 0.25) is 0 Å². The van der Waals surface area contributed by atoms with Crippen LogP contribution in [0, 0.1) is 5.41 Å². The van der Waals surface area contributed by atoms with Gasteiger partial charge in [0, 0.05) is 13.1 Å². The highest BCUT2D eigenvalue weighted by Crippen LogP contribution is 2.29. The Hall–Kier alpha value is -0.0900. The molecule has 0 radical (unpaired) electrons. The van der Waals surface area contributed by atoms with Gasteiger partial charge in [0.15, 0.2) is 0 Å². The van der Waals surface area contributed by atoms with E-state index in [2.05, 4.69) is 13.8 Å². The lowest BCUT2D eigenvalue weighted by Crippen LogP contribution is -2.44. The van der Waals surface area contributed by atoms with Gasteiger partial charge < -0.3 is 0 Å². The first-order chi connectivity index (χ1) is 6.37. The Morgan fingerprint density at radius 2 is 2.00 bits per heavy atom. The van der Waals surface area contributed by atoms with Gasteiger partial charge in [-0.3, -0.25) is 0 Å². The first kappa shape index (κ1) is 12.0. The summed E-state index contributed by atoms with van der Waals surface area (Å²) in [7, 11) is -2.97. The monoisotopic (exact) mass is 219 g/mol. The van der Waals surface area contributed by atoms with E-state index in [1.807, 2.05) is 6.92 Å². The molecule has 0 aromatic heterocycles. The number of sulfonamides is 1. The summed E-state index contributed by atoms with van der Waals surface area (Å²) in [6.07, 6.45) is 2.83. The first-order valence-electron chi connectivity index (χ1n) is 5.35. The molecular weight excluding hydrogens is 198 g/mol. The van der Waals surface area contributed by atoms with E-state index >= 15 is 0 Å². The summed E-state index contributed by atoms with van der Waals surface area (Å²) in [6.45, 7) is 7.59. The molecule has 1 heterocycles. The van der Waals surface area contributed by atoms with E-state index in [1.165, 1.54) is 0 Å². The second kappa shape index (κ2) is 4.19. The van der Waals surface area contributed by atoms with Crippen LogP contribution >= 0.6 is 0 Å². The van der Waals surface area contributed by atoms with E-state index in [-0.39, 0.29) is 5.41 Å². The molecule has 0 N–H and O–H groups in total. The highest BCUT2D eigenvalue weighted by molar-refractivity contribution is 7.89. The van der Waals surface area contributed by atoms with Gasteiger partial charge in [-0.2, -0.15) is 0 Å². The lowest BCUT2D eigenvalue weighted by atomic mass is 9.85. The normalized spacial score (nSPS) is 23.6. The van der Waals surface area contributed by atoms with Gasteiger partial charge in [0.2, 0.25) is 10.0 Å². The largest absolute Gasteiger partial charge is 0.214 e. The van der Waals surface area contributed by atoms with Gasteiger partial charge in [-0.15, -0.1) is 0 Å². The van der Waals surface area contributed by atoms with Gasteiger partial charge in [0.25, 0.3) is 0 Å². The Morgan fingerprint density at radius 1 is 1.36 bits per heavy atom. The third-order valence-electron chi connectivity index (χ3n) is 2.72. The number of piperidine rings is 1. The second-order valence-corrected chi connectivity index (χ2v) is 7.01. The lowest BCUT2D eigenvalue weighted by molar-refractivity contribution is 0.187. The van der Waals surface area contributed by atoms with E-state index in [1.54, 1.807) is 4.31 Å². The molecule has 0 atom stereocenters. The molecule has 84 valence electrons. The second-order valence-electron chi connectivity index (χ2n) is 4.92. The maximum absolute atomic E-state index is 11.8. The lowest BCUT2D eigenvalue weighted by Gasteiger charge is -2.37. The average Bonchev–Trinajstić information content (AvgIpc) is 2.02. The molecule has 1 rings (SSSR count). The van der Waals surface area contributed by atoms with Crippen molar-refractivity contribution in [2.75, 3.05) is 18.8 Å². The third kappa shape index (κ3) is 2.95. The minimum absolute atomic E-state index is 0.152. The van der Waals surface area contributed by atoms with Gasteiger partial charge in [0.05, 0.1) is 5.75 Å². The van der Waals surface area contributed by atoms with Crippen molar-refractivity contribution < 1.29 is 8.42 Å². The predicted octanol–water partition coefficient (Wildman–Crippen LogP) is 1.85. The zero-order valence-corrected chi connectivity index (χ0v) is 10.2. The smallest absolute Gasteiger partial charge is 0.212 e. The molecule has 1 aliphatic heterocycles. The minimum atomic E-state index is -2.97. The zero-order chi connectivity index (χ0) is 10.8. The van der Waals surface area contributed by atoms with Crippen molar-refractivity contribution in [2.45, 2.75) is 40.0 Å². The quantitative estimate of drug-likeness (QED) is 0.726.